The number of aryl methyl sites for hydroxylation is 1. The second kappa shape index (κ2) is 3.47. The van der Waals surface area contributed by atoms with Gasteiger partial charge >= 0.3 is 0 Å². The Labute approximate surface area is 86.7 Å². The van der Waals surface area contributed by atoms with Gasteiger partial charge in [-0.05, 0) is 48.3 Å². The van der Waals surface area contributed by atoms with Crippen LogP contribution in [0.2, 0.25) is 0 Å². The molecule has 0 aliphatic carbocycles. The van der Waals surface area contributed by atoms with Crippen molar-refractivity contribution in [3.05, 3.63) is 28.0 Å². The zero-order chi connectivity index (χ0) is 10.1. The normalized spacial score (nSPS) is 11.0. The van der Waals surface area contributed by atoms with Gasteiger partial charge < -0.3 is 0 Å². The Balaban J connectivity index is 3.26. The van der Waals surface area contributed by atoms with Crippen LogP contribution in [0.3, 0.4) is 0 Å². The van der Waals surface area contributed by atoms with E-state index in [2.05, 4.69) is 27.0 Å². The Morgan fingerprint density at radius 2 is 2.15 bits per heavy atom. The molecule has 0 spiro atoms. The van der Waals surface area contributed by atoms with Gasteiger partial charge in [-0.1, -0.05) is 0 Å². The second-order valence-electron chi connectivity index (χ2n) is 3.58. The zero-order valence-electron chi connectivity index (χ0n) is 7.93. The number of halogens is 1. The van der Waals surface area contributed by atoms with Crippen LogP contribution in [0, 0.1) is 18.3 Å². The molecule has 68 valence electrons. The molecule has 0 unspecified atom stereocenters. The van der Waals surface area contributed by atoms with Crippen LogP contribution in [0.25, 0.3) is 0 Å². The van der Waals surface area contributed by atoms with E-state index in [-0.39, 0.29) is 0 Å². The van der Waals surface area contributed by atoms with Crippen molar-refractivity contribution in [2.75, 3.05) is 0 Å². The summed E-state index contributed by atoms with van der Waals surface area (Å²) >= 11 is 3.41. The fraction of sp³-hybridized carbons (Fsp3) is 0.400. The molecular formula is C10H11BrN2. The van der Waals surface area contributed by atoms with E-state index < -0.39 is 5.41 Å². The Bertz CT molecular complexity index is 364. The van der Waals surface area contributed by atoms with E-state index in [4.69, 9.17) is 5.26 Å². The summed E-state index contributed by atoms with van der Waals surface area (Å²) in [7, 11) is 0. The van der Waals surface area contributed by atoms with Gasteiger partial charge in [0.15, 0.2) is 0 Å². The van der Waals surface area contributed by atoms with E-state index in [0.717, 1.165) is 15.7 Å². The minimum Gasteiger partial charge on any atom is -0.258 e. The van der Waals surface area contributed by atoms with Crippen molar-refractivity contribution in [3.63, 3.8) is 0 Å². The number of rotatable bonds is 1. The molecule has 0 amide bonds. The predicted molar refractivity (Wildman–Crippen MR) is 55.3 cm³/mol. The first-order valence-electron chi connectivity index (χ1n) is 4.01. The molecule has 0 atom stereocenters. The lowest BCUT2D eigenvalue weighted by atomic mass is 9.91. The van der Waals surface area contributed by atoms with Crippen molar-refractivity contribution in [1.29, 1.82) is 5.26 Å². The smallest absolute Gasteiger partial charge is 0.0948 e. The van der Waals surface area contributed by atoms with Crippen molar-refractivity contribution in [3.8, 4) is 6.07 Å². The Morgan fingerprint density at radius 1 is 1.54 bits per heavy atom. The standard InChI is InChI=1S/C10H11BrN2/c1-7-4-8(11)9(13-5-7)10(2,3)6-12/h4-5H,1-3H3. The highest BCUT2D eigenvalue weighted by molar-refractivity contribution is 9.10. The number of hydrogen-bond acceptors (Lipinski definition) is 2. The molecule has 2 nitrogen and oxygen atoms in total. The van der Waals surface area contributed by atoms with Crippen LogP contribution in [-0.2, 0) is 5.41 Å². The van der Waals surface area contributed by atoms with Gasteiger partial charge in [-0.2, -0.15) is 5.26 Å². The molecule has 1 aromatic rings. The van der Waals surface area contributed by atoms with Gasteiger partial charge in [0, 0.05) is 10.7 Å². The molecular weight excluding hydrogens is 228 g/mol. The molecule has 13 heavy (non-hydrogen) atoms. The fourth-order valence-electron chi connectivity index (χ4n) is 1.05. The van der Waals surface area contributed by atoms with Crippen LogP contribution in [0.4, 0.5) is 0 Å². The first-order valence-corrected chi connectivity index (χ1v) is 4.80. The van der Waals surface area contributed by atoms with Crippen molar-refractivity contribution >= 4 is 15.9 Å². The molecule has 3 heteroatoms. The van der Waals surface area contributed by atoms with E-state index in [0.29, 0.717) is 0 Å². The number of nitriles is 1. The van der Waals surface area contributed by atoms with Crippen LogP contribution in [0.5, 0.6) is 0 Å². The van der Waals surface area contributed by atoms with Gasteiger partial charge in [-0.15, -0.1) is 0 Å². The average molecular weight is 239 g/mol. The van der Waals surface area contributed by atoms with Crippen LogP contribution < -0.4 is 0 Å². The fourth-order valence-corrected chi connectivity index (χ4v) is 2.01. The summed E-state index contributed by atoms with van der Waals surface area (Å²) in [6.45, 7) is 5.69. The van der Waals surface area contributed by atoms with Crippen LogP contribution >= 0.6 is 15.9 Å². The Morgan fingerprint density at radius 3 is 2.62 bits per heavy atom. The van der Waals surface area contributed by atoms with Crippen LogP contribution in [-0.4, -0.2) is 4.98 Å². The monoisotopic (exact) mass is 238 g/mol. The molecule has 0 fully saturated rings. The van der Waals surface area contributed by atoms with E-state index in [1.807, 2.05) is 26.8 Å². The van der Waals surface area contributed by atoms with Gasteiger partial charge in [0.25, 0.3) is 0 Å². The second-order valence-corrected chi connectivity index (χ2v) is 4.43. The third kappa shape index (κ3) is 2.07. The molecule has 0 radical (unpaired) electrons. The molecule has 0 saturated carbocycles. The molecule has 0 aliphatic rings. The van der Waals surface area contributed by atoms with E-state index >= 15 is 0 Å². The average Bonchev–Trinajstić information content (AvgIpc) is 2.03. The number of nitrogens with zero attached hydrogens (tertiary/aromatic N) is 2. The summed E-state index contributed by atoms with van der Waals surface area (Å²) < 4.78 is 0.902. The SMILES string of the molecule is Cc1cnc(C(C)(C)C#N)c(Br)c1. The quantitative estimate of drug-likeness (QED) is 0.755. The highest BCUT2D eigenvalue weighted by atomic mass is 79.9. The van der Waals surface area contributed by atoms with Crippen molar-refractivity contribution in [1.82, 2.24) is 4.98 Å². The van der Waals surface area contributed by atoms with Gasteiger partial charge in [0.1, 0.15) is 0 Å². The molecule has 0 bridgehead atoms. The lowest BCUT2D eigenvalue weighted by molar-refractivity contribution is 0.654. The topological polar surface area (TPSA) is 36.7 Å². The van der Waals surface area contributed by atoms with E-state index in [1.165, 1.54) is 0 Å². The lowest BCUT2D eigenvalue weighted by Gasteiger charge is -2.16. The maximum atomic E-state index is 8.93. The highest BCUT2D eigenvalue weighted by Crippen LogP contribution is 2.27. The first kappa shape index (κ1) is 10.2. The molecule has 0 N–H and O–H groups in total. The van der Waals surface area contributed by atoms with Gasteiger partial charge in [0.05, 0.1) is 17.2 Å². The molecule has 0 aliphatic heterocycles. The van der Waals surface area contributed by atoms with Crippen molar-refractivity contribution in [2.45, 2.75) is 26.2 Å². The molecule has 1 rings (SSSR count). The van der Waals surface area contributed by atoms with Crippen LogP contribution in [0.1, 0.15) is 25.1 Å². The van der Waals surface area contributed by atoms with Gasteiger partial charge in [-0.25, -0.2) is 0 Å². The van der Waals surface area contributed by atoms with E-state index in [9.17, 15) is 0 Å². The summed E-state index contributed by atoms with van der Waals surface area (Å²) in [5.41, 5.74) is 1.34. The summed E-state index contributed by atoms with van der Waals surface area (Å²) in [5, 5.41) is 8.93. The highest BCUT2D eigenvalue weighted by Gasteiger charge is 2.23. The minimum atomic E-state index is -0.535. The third-order valence-corrected chi connectivity index (χ3v) is 2.45. The largest absolute Gasteiger partial charge is 0.258 e. The van der Waals surface area contributed by atoms with Gasteiger partial charge in [-0.3, -0.25) is 4.98 Å². The molecule has 1 aromatic heterocycles. The van der Waals surface area contributed by atoms with E-state index in [1.54, 1.807) is 6.20 Å². The lowest BCUT2D eigenvalue weighted by Crippen LogP contribution is -2.16. The van der Waals surface area contributed by atoms with Crippen molar-refractivity contribution < 1.29 is 0 Å². The van der Waals surface area contributed by atoms with Crippen molar-refractivity contribution in [2.24, 2.45) is 0 Å². The number of hydrogen-bond donors (Lipinski definition) is 0. The first-order chi connectivity index (χ1) is 5.97. The maximum absolute atomic E-state index is 8.93. The summed E-state index contributed by atoms with van der Waals surface area (Å²) in [6.07, 6.45) is 1.78. The minimum absolute atomic E-state index is 0.535. The molecule has 0 aromatic carbocycles. The Kier molecular flexibility index (Phi) is 2.72. The zero-order valence-corrected chi connectivity index (χ0v) is 9.51. The van der Waals surface area contributed by atoms with Gasteiger partial charge in [0.2, 0.25) is 0 Å². The summed E-state index contributed by atoms with van der Waals surface area (Å²) in [4.78, 5) is 4.25. The third-order valence-electron chi connectivity index (χ3n) is 1.85. The molecule has 1 heterocycles. The summed E-state index contributed by atoms with van der Waals surface area (Å²) in [6, 6.07) is 4.20. The molecule has 0 saturated heterocycles. The Hall–Kier alpha value is -0.880. The maximum Gasteiger partial charge on any atom is 0.0948 e. The number of aromatic nitrogens is 1. The predicted octanol–water partition coefficient (Wildman–Crippen LogP) is 2.95. The van der Waals surface area contributed by atoms with Crippen LogP contribution in [0.15, 0.2) is 16.7 Å². The number of pyridine rings is 1. The summed E-state index contributed by atoms with van der Waals surface area (Å²) in [5.74, 6) is 0.